The molecule has 0 saturated carbocycles. The number of carboxylic acids is 1. The molecule has 0 bridgehead atoms. The van der Waals surface area contributed by atoms with Gasteiger partial charge in [-0.1, -0.05) is 322 Å². The van der Waals surface area contributed by atoms with Crippen LogP contribution in [0.3, 0.4) is 0 Å². The number of hydrogen-bond donors (Lipinski definition) is 1. The maximum atomic E-state index is 12.9. The fourth-order valence-electron chi connectivity index (χ4n) is 10.3. The Balaban J connectivity index is 4.08. The Bertz CT molecular complexity index is 1190. The van der Waals surface area contributed by atoms with Crippen molar-refractivity contribution in [2.75, 3.05) is 47.5 Å². The highest BCUT2D eigenvalue weighted by Crippen LogP contribution is 2.19. The third kappa shape index (κ3) is 59.8. The first-order chi connectivity index (χ1) is 36.6. The second-order valence-corrected chi connectivity index (χ2v) is 24.2. The number of esters is 2. The Morgan fingerprint density at radius 2 is 0.600 bits per heavy atom. The summed E-state index contributed by atoms with van der Waals surface area (Å²) in [6, 6.07) is 0. The fourth-order valence-corrected chi connectivity index (χ4v) is 10.3. The monoisotopic (exact) mass is 1060 g/mol. The van der Waals surface area contributed by atoms with Crippen LogP contribution >= 0.6 is 0 Å². The molecule has 0 aromatic heterocycles. The van der Waals surface area contributed by atoms with Crippen LogP contribution < -0.4 is 0 Å². The number of carbonyl (C=O) groups excluding carboxylic acids is 2. The lowest BCUT2D eigenvalue weighted by atomic mass is 10.0. The molecule has 0 aliphatic heterocycles. The second kappa shape index (κ2) is 58.4. The summed E-state index contributed by atoms with van der Waals surface area (Å²) < 4.78 is 23.0. The van der Waals surface area contributed by atoms with E-state index in [1.807, 2.05) is 21.1 Å². The van der Waals surface area contributed by atoms with Crippen molar-refractivity contribution in [3.63, 3.8) is 0 Å². The van der Waals surface area contributed by atoms with Crippen molar-refractivity contribution in [3.8, 4) is 0 Å². The van der Waals surface area contributed by atoms with E-state index in [9.17, 15) is 19.5 Å². The van der Waals surface area contributed by atoms with Gasteiger partial charge in [0.2, 0.25) is 0 Å². The normalized spacial score (nSPS) is 12.6. The Morgan fingerprint density at radius 3 is 0.853 bits per heavy atom. The van der Waals surface area contributed by atoms with Crippen molar-refractivity contribution in [1.82, 2.24) is 0 Å². The average molecular weight is 1070 g/mol. The summed E-state index contributed by atoms with van der Waals surface area (Å²) in [6.45, 7) is 4.97. The molecule has 9 heteroatoms. The number of quaternary nitrogens is 1. The lowest BCUT2D eigenvalue weighted by Gasteiger charge is -2.25. The SMILES string of the molecule is CCCCCCCCCCCCCCCCCCCCCCCCCCCCCCC(=O)OC(COC(=O)CCCCCCCCCCCCCCCCCCCCCCCC)COC(OCC[N+](C)(C)C)C(=O)O. The van der Waals surface area contributed by atoms with Crippen LogP contribution in [0.15, 0.2) is 0 Å². The lowest BCUT2D eigenvalue weighted by molar-refractivity contribution is -0.870. The number of ether oxygens (including phenoxy) is 4. The second-order valence-electron chi connectivity index (χ2n) is 24.2. The molecule has 2 atom stereocenters. The number of rotatable bonds is 63. The van der Waals surface area contributed by atoms with E-state index in [1.54, 1.807) is 0 Å². The Kier molecular flexibility index (Phi) is 57.1. The molecule has 1 N–H and O–H groups in total. The molecular weight excluding hydrogens is 935 g/mol. The molecule has 446 valence electrons. The molecule has 2 unspecified atom stereocenters. The van der Waals surface area contributed by atoms with Gasteiger partial charge in [-0.05, 0) is 12.8 Å². The predicted molar refractivity (Wildman–Crippen MR) is 318 cm³/mol. The van der Waals surface area contributed by atoms with Crippen LogP contribution in [0.1, 0.15) is 348 Å². The van der Waals surface area contributed by atoms with Crippen molar-refractivity contribution in [2.24, 2.45) is 0 Å². The average Bonchev–Trinajstić information content (AvgIpc) is 3.38. The molecule has 0 aliphatic rings. The summed E-state index contributed by atoms with van der Waals surface area (Å²) in [4.78, 5) is 37.5. The summed E-state index contributed by atoms with van der Waals surface area (Å²) in [5.41, 5.74) is 0. The molecule has 0 amide bonds. The van der Waals surface area contributed by atoms with E-state index in [2.05, 4.69) is 13.8 Å². The zero-order chi connectivity index (χ0) is 54.8. The van der Waals surface area contributed by atoms with Gasteiger partial charge >= 0.3 is 17.9 Å². The summed E-state index contributed by atoms with van der Waals surface area (Å²) in [7, 11) is 5.99. The van der Waals surface area contributed by atoms with Crippen LogP contribution in [-0.4, -0.2) is 87.4 Å². The van der Waals surface area contributed by atoms with Crippen LogP contribution in [0.5, 0.6) is 0 Å². The highest BCUT2D eigenvalue weighted by Gasteiger charge is 2.25. The largest absolute Gasteiger partial charge is 0.477 e. The first kappa shape index (κ1) is 73.3. The third-order valence-corrected chi connectivity index (χ3v) is 15.4. The summed E-state index contributed by atoms with van der Waals surface area (Å²) >= 11 is 0. The van der Waals surface area contributed by atoms with E-state index in [0.717, 1.165) is 38.5 Å². The van der Waals surface area contributed by atoms with Gasteiger partial charge in [0.15, 0.2) is 6.10 Å². The van der Waals surface area contributed by atoms with Crippen molar-refractivity contribution >= 4 is 17.9 Å². The van der Waals surface area contributed by atoms with E-state index in [4.69, 9.17) is 18.9 Å². The standard InChI is InChI=1S/C66H129NO8/c1-6-8-10-12-14-16-18-20-22-24-26-28-30-31-32-33-34-35-37-39-41-43-45-47-49-51-53-55-57-64(69)75-62(61-74-66(65(70)71)72-59-58-67(3,4)5)60-73-63(68)56-54-52-50-48-46-44-42-40-38-36-29-27-25-23-21-19-17-15-13-11-9-7-2/h62,66H,6-61H2,1-5H3/p+1. The molecule has 0 heterocycles. The van der Waals surface area contributed by atoms with Crippen molar-refractivity contribution in [2.45, 2.75) is 360 Å². The molecule has 75 heavy (non-hydrogen) atoms. The number of carboxylic acid groups (broad SMARTS) is 1. The molecule has 0 aromatic carbocycles. The minimum Gasteiger partial charge on any atom is -0.477 e. The van der Waals surface area contributed by atoms with Gasteiger partial charge in [0.25, 0.3) is 6.29 Å². The number of hydrogen-bond acceptors (Lipinski definition) is 7. The van der Waals surface area contributed by atoms with Crippen molar-refractivity contribution in [1.29, 1.82) is 0 Å². The van der Waals surface area contributed by atoms with E-state index in [1.165, 1.54) is 283 Å². The highest BCUT2D eigenvalue weighted by molar-refractivity contribution is 5.71. The van der Waals surface area contributed by atoms with Crippen LogP contribution in [0.2, 0.25) is 0 Å². The molecule has 9 nitrogen and oxygen atoms in total. The van der Waals surface area contributed by atoms with Crippen LogP contribution in [0, 0.1) is 0 Å². The Morgan fingerprint density at radius 1 is 0.347 bits per heavy atom. The predicted octanol–water partition coefficient (Wildman–Crippen LogP) is 19.9. The van der Waals surface area contributed by atoms with Gasteiger partial charge in [-0.3, -0.25) is 9.59 Å². The van der Waals surface area contributed by atoms with Gasteiger partial charge < -0.3 is 28.5 Å². The quantitative estimate of drug-likeness (QED) is 0.0278. The number of nitrogens with zero attached hydrogens (tertiary/aromatic N) is 1. The number of likely N-dealkylation sites (N-methyl/N-ethyl adjacent to an activating group) is 1. The summed E-state index contributed by atoms with van der Waals surface area (Å²) in [5.74, 6) is -1.97. The maximum Gasteiger partial charge on any atom is 0.361 e. The topological polar surface area (TPSA) is 108 Å². The molecule has 0 aliphatic carbocycles. The Hall–Kier alpha value is -1.71. The molecule has 0 rings (SSSR count). The fraction of sp³-hybridized carbons (Fsp3) is 0.955. The molecule has 0 radical (unpaired) electrons. The van der Waals surface area contributed by atoms with Crippen molar-refractivity contribution < 1.29 is 42.9 Å². The maximum absolute atomic E-state index is 12.9. The first-order valence-electron chi connectivity index (χ1n) is 33.2. The zero-order valence-electron chi connectivity index (χ0n) is 51.0. The highest BCUT2D eigenvalue weighted by atomic mass is 16.7. The minimum atomic E-state index is -1.50. The van der Waals surface area contributed by atoms with Gasteiger partial charge in [0, 0.05) is 12.8 Å². The Labute approximate surface area is 466 Å². The summed E-state index contributed by atoms with van der Waals surface area (Å²) in [6.07, 6.45) is 64.9. The van der Waals surface area contributed by atoms with Gasteiger partial charge in [0.05, 0.1) is 34.4 Å². The van der Waals surface area contributed by atoms with Crippen molar-refractivity contribution in [3.05, 3.63) is 0 Å². The molecular formula is C66H130NO8+. The van der Waals surface area contributed by atoms with E-state index < -0.39 is 18.4 Å². The lowest BCUT2D eigenvalue weighted by Crippen LogP contribution is -2.40. The summed E-state index contributed by atoms with van der Waals surface area (Å²) in [5, 5.41) is 9.73. The molecule has 0 aromatic rings. The molecule has 0 spiro atoms. The smallest absolute Gasteiger partial charge is 0.361 e. The first-order valence-corrected chi connectivity index (χ1v) is 33.2. The van der Waals surface area contributed by atoms with E-state index in [-0.39, 0.29) is 38.2 Å². The van der Waals surface area contributed by atoms with E-state index in [0.29, 0.717) is 17.4 Å². The number of carbonyl (C=O) groups is 3. The van der Waals surface area contributed by atoms with Crippen LogP contribution in [0.4, 0.5) is 0 Å². The number of unbranched alkanes of at least 4 members (excludes halogenated alkanes) is 48. The molecule has 0 saturated heterocycles. The van der Waals surface area contributed by atoms with Gasteiger partial charge in [-0.15, -0.1) is 0 Å². The van der Waals surface area contributed by atoms with Gasteiger partial charge in [-0.2, -0.15) is 0 Å². The van der Waals surface area contributed by atoms with Gasteiger partial charge in [0.1, 0.15) is 13.2 Å². The molecule has 0 fully saturated rings. The third-order valence-electron chi connectivity index (χ3n) is 15.4. The minimum absolute atomic E-state index is 0.172. The van der Waals surface area contributed by atoms with Gasteiger partial charge in [-0.25, -0.2) is 4.79 Å². The van der Waals surface area contributed by atoms with Crippen LogP contribution in [-0.2, 0) is 33.3 Å². The number of aliphatic carboxylic acids is 1. The van der Waals surface area contributed by atoms with E-state index >= 15 is 0 Å². The zero-order valence-corrected chi connectivity index (χ0v) is 51.0. The van der Waals surface area contributed by atoms with Crippen LogP contribution in [0.25, 0.3) is 0 Å².